The predicted molar refractivity (Wildman–Crippen MR) is 84.9 cm³/mol. The van der Waals surface area contributed by atoms with E-state index in [-0.39, 0.29) is 12.1 Å². The van der Waals surface area contributed by atoms with E-state index in [1.165, 1.54) is 11.1 Å². The van der Waals surface area contributed by atoms with Crippen LogP contribution in [0.25, 0.3) is 11.1 Å². The molecule has 0 spiro atoms. The zero-order chi connectivity index (χ0) is 14.5. The number of benzene rings is 2. The molecule has 0 aromatic heterocycles. The summed E-state index contributed by atoms with van der Waals surface area (Å²) in [4.78, 5) is 0. The van der Waals surface area contributed by atoms with Crippen molar-refractivity contribution in [1.82, 2.24) is 0 Å². The molecule has 106 valence electrons. The maximum atomic E-state index is 6.11. The summed E-state index contributed by atoms with van der Waals surface area (Å²) in [5, 5.41) is 0. The molecule has 2 rings (SSSR count). The number of ether oxygens (including phenoxy) is 1. The van der Waals surface area contributed by atoms with Gasteiger partial charge in [-0.2, -0.15) is 0 Å². The van der Waals surface area contributed by atoms with Crippen LogP contribution in [-0.4, -0.2) is 6.10 Å². The van der Waals surface area contributed by atoms with E-state index in [4.69, 9.17) is 10.5 Å². The summed E-state index contributed by atoms with van der Waals surface area (Å²) in [5.74, 6) is 0.905. The van der Waals surface area contributed by atoms with Crippen LogP contribution in [0.15, 0.2) is 48.5 Å². The molecule has 0 bridgehead atoms. The van der Waals surface area contributed by atoms with Crippen molar-refractivity contribution in [1.29, 1.82) is 0 Å². The van der Waals surface area contributed by atoms with Gasteiger partial charge in [-0.25, -0.2) is 0 Å². The standard InChI is InChI=1S/C18H23NO/c1-4-18(19)16-9-5-7-14(11-16)15-8-6-10-17(12-15)20-13(2)3/h5-13,18H,4,19H2,1-3H3. The van der Waals surface area contributed by atoms with E-state index < -0.39 is 0 Å². The SMILES string of the molecule is CCC(N)c1cccc(-c2cccc(OC(C)C)c2)c1. The fourth-order valence-electron chi connectivity index (χ4n) is 2.21. The molecule has 1 atom stereocenters. The molecule has 2 aromatic rings. The summed E-state index contributed by atoms with van der Waals surface area (Å²) in [6, 6.07) is 16.7. The highest BCUT2D eigenvalue weighted by Gasteiger charge is 2.06. The summed E-state index contributed by atoms with van der Waals surface area (Å²) in [6.45, 7) is 6.18. The number of rotatable bonds is 5. The highest BCUT2D eigenvalue weighted by Crippen LogP contribution is 2.27. The van der Waals surface area contributed by atoms with E-state index in [9.17, 15) is 0 Å². The maximum absolute atomic E-state index is 6.11. The van der Waals surface area contributed by atoms with Crippen LogP contribution in [0.1, 0.15) is 38.8 Å². The summed E-state index contributed by atoms with van der Waals surface area (Å²) in [6.07, 6.45) is 1.13. The van der Waals surface area contributed by atoms with Gasteiger partial charge in [0, 0.05) is 6.04 Å². The van der Waals surface area contributed by atoms with Crippen LogP contribution in [0.2, 0.25) is 0 Å². The second-order valence-electron chi connectivity index (χ2n) is 5.33. The summed E-state index contributed by atoms with van der Waals surface area (Å²) < 4.78 is 5.75. The van der Waals surface area contributed by atoms with E-state index >= 15 is 0 Å². The van der Waals surface area contributed by atoms with Crippen molar-refractivity contribution in [2.75, 3.05) is 0 Å². The summed E-state index contributed by atoms with van der Waals surface area (Å²) in [5.41, 5.74) is 9.63. The zero-order valence-electron chi connectivity index (χ0n) is 12.5. The maximum Gasteiger partial charge on any atom is 0.120 e. The predicted octanol–water partition coefficient (Wildman–Crippen LogP) is 4.55. The fraction of sp³-hybridized carbons (Fsp3) is 0.333. The van der Waals surface area contributed by atoms with E-state index in [0.29, 0.717) is 0 Å². The molecule has 0 heterocycles. The first-order valence-corrected chi connectivity index (χ1v) is 7.22. The molecule has 0 fully saturated rings. The van der Waals surface area contributed by atoms with Gasteiger partial charge < -0.3 is 10.5 Å². The average Bonchev–Trinajstić information content (AvgIpc) is 2.46. The van der Waals surface area contributed by atoms with Crippen molar-refractivity contribution in [2.24, 2.45) is 5.73 Å². The second-order valence-corrected chi connectivity index (χ2v) is 5.33. The van der Waals surface area contributed by atoms with Crippen LogP contribution in [-0.2, 0) is 0 Å². The molecule has 2 aromatic carbocycles. The van der Waals surface area contributed by atoms with Gasteiger partial charge >= 0.3 is 0 Å². The van der Waals surface area contributed by atoms with E-state index in [2.05, 4.69) is 43.3 Å². The topological polar surface area (TPSA) is 35.2 Å². The highest BCUT2D eigenvalue weighted by atomic mass is 16.5. The quantitative estimate of drug-likeness (QED) is 0.864. The average molecular weight is 269 g/mol. The fourth-order valence-corrected chi connectivity index (χ4v) is 2.21. The van der Waals surface area contributed by atoms with Crippen molar-refractivity contribution in [3.8, 4) is 16.9 Å². The van der Waals surface area contributed by atoms with Gasteiger partial charge in [0.25, 0.3) is 0 Å². The van der Waals surface area contributed by atoms with Gasteiger partial charge in [-0.05, 0) is 55.2 Å². The molecule has 0 aliphatic carbocycles. The Morgan fingerprint density at radius 3 is 2.30 bits per heavy atom. The summed E-state index contributed by atoms with van der Waals surface area (Å²) in [7, 11) is 0. The van der Waals surface area contributed by atoms with Crippen molar-refractivity contribution < 1.29 is 4.74 Å². The third-order valence-electron chi connectivity index (χ3n) is 3.29. The lowest BCUT2D eigenvalue weighted by Crippen LogP contribution is -2.08. The molecule has 0 aliphatic rings. The molecule has 0 saturated heterocycles. The Labute approximate surface area is 121 Å². The van der Waals surface area contributed by atoms with Gasteiger partial charge in [0.2, 0.25) is 0 Å². The molecule has 0 aliphatic heterocycles. The molecule has 20 heavy (non-hydrogen) atoms. The first kappa shape index (κ1) is 14.6. The number of hydrogen-bond donors (Lipinski definition) is 1. The van der Waals surface area contributed by atoms with Gasteiger partial charge in [0.15, 0.2) is 0 Å². The van der Waals surface area contributed by atoms with Crippen molar-refractivity contribution in [2.45, 2.75) is 39.3 Å². The van der Waals surface area contributed by atoms with Crippen LogP contribution in [0.3, 0.4) is 0 Å². The van der Waals surface area contributed by atoms with Crippen molar-refractivity contribution in [3.63, 3.8) is 0 Å². The van der Waals surface area contributed by atoms with Crippen LogP contribution in [0.4, 0.5) is 0 Å². The van der Waals surface area contributed by atoms with E-state index in [1.807, 2.05) is 26.0 Å². The number of nitrogens with two attached hydrogens (primary N) is 1. The minimum absolute atomic E-state index is 0.102. The third-order valence-corrected chi connectivity index (χ3v) is 3.29. The molecule has 2 N–H and O–H groups in total. The van der Waals surface area contributed by atoms with Crippen LogP contribution >= 0.6 is 0 Å². The zero-order valence-corrected chi connectivity index (χ0v) is 12.5. The van der Waals surface area contributed by atoms with Crippen molar-refractivity contribution in [3.05, 3.63) is 54.1 Å². The highest BCUT2D eigenvalue weighted by molar-refractivity contribution is 5.66. The monoisotopic (exact) mass is 269 g/mol. The molecule has 2 nitrogen and oxygen atoms in total. The number of hydrogen-bond acceptors (Lipinski definition) is 2. The molecular weight excluding hydrogens is 246 g/mol. The lowest BCUT2D eigenvalue weighted by Gasteiger charge is -2.13. The molecular formula is C18H23NO. The van der Waals surface area contributed by atoms with Gasteiger partial charge in [0.1, 0.15) is 5.75 Å². The second kappa shape index (κ2) is 6.58. The normalized spacial score (nSPS) is 12.4. The lowest BCUT2D eigenvalue weighted by atomic mass is 9.98. The van der Waals surface area contributed by atoms with Gasteiger partial charge in [-0.15, -0.1) is 0 Å². The Hall–Kier alpha value is -1.80. The Balaban J connectivity index is 2.31. The molecule has 0 radical (unpaired) electrons. The molecule has 1 unspecified atom stereocenters. The third kappa shape index (κ3) is 3.61. The summed E-state index contributed by atoms with van der Waals surface area (Å²) >= 11 is 0. The Morgan fingerprint density at radius 2 is 1.65 bits per heavy atom. The molecule has 2 heteroatoms. The smallest absolute Gasteiger partial charge is 0.120 e. The van der Waals surface area contributed by atoms with Crippen LogP contribution in [0, 0.1) is 0 Å². The molecule has 0 saturated carbocycles. The Bertz CT molecular complexity index is 563. The first-order chi connectivity index (χ1) is 9.60. The van der Waals surface area contributed by atoms with E-state index in [1.54, 1.807) is 0 Å². The van der Waals surface area contributed by atoms with Gasteiger partial charge in [-0.1, -0.05) is 37.3 Å². The Morgan fingerprint density at radius 1 is 1.00 bits per heavy atom. The van der Waals surface area contributed by atoms with Crippen LogP contribution < -0.4 is 10.5 Å². The minimum atomic E-state index is 0.102. The van der Waals surface area contributed by atoms with E-state index in [0.717, 1.165) is 17.7 Å². The largest absolute Gasteiger partial charge is 0.491 e. The lowest BCUT2D eigenvalue weighted by molar-refractivity contribution is 0.242. The van der Waals surface area contributed by atoms with Gasteiger partial charge in [0.05, 0.1) is 6.10 Å². The van der Waals surface area contributed by atoms with Crippen molar-refractivity contribution >= 4 is 0 Å². The Kier molecular flexibility index (Phi) is 4.80. The first-order valence-electron chi connectivity index (χ1n) is 7.22. The molecule has 0 amide bonds. The van der Waals surface area contributed by atoms with Gasteiger partial charge in [-0.3, -0.25) is 0 Å². The van der Waals surface area contributed by atoms with Crippen LogP contribution in [0.5, 0.6) is 5.75 Å². The minimum Gasteiger partial charge on any atom is -0.491 e.